The summed E-state index contributed by atoms with van der Waals surface area (Å²) < 4.78 is 5.59. The van der Waals surface area contributed by atoms with Crippen molar-refractivity contribution < 1.29 is 9.84 Å². The molecule has 3 N–H and O–H groups in total. The van der Waals surface area contributed by atoms with Gasteiger partial charge in [0.05, 0.1) is 22.3 Å². The Morgan fingerprint density at radius 2 is 1.67 bits per heavy atom. The Labute approximate surface area is 115 Å². The highest BCUT2D eigenvalue weighted by Crippen LogP contribution is 2.34. The second-order valence-electron chi connectivity index (χ2n) is 3.71. The average Bonchev–Trinajstić information content (AvgIpc) is 2.37. The number of anilines is 1. The predicted molar refractivity (Wildman–Crippen MR) is 73.3 cm³/mol. The van der Waals surface area contributed by atoms with Crippen LogP contribution in [0.3, 0.4) is 0 Å². The van der Waals surface area contributed by atoms with E-state index in [2.05, 4.69) is 0 Å². The van der Waals surface area contributed by atoms with E-state index >= 15 is 0 Å². The van der Waals surface area contributed by atoms with E-state index in [1.807, 2.05) is 0 Å². The zero-order valence-electron chi connectivity index (χ0n) is 9.36. The van der Waals surface area contributed by atoms with Crippen LogP contribution in [0.4, 0.5) is 5.69 Å². The largest absolute Gasteiger partial charge is 0.455 e. The summed E-state index contributed by atoms with van der Waals surface area (Å²) in [5.41, 5.74) is 7.01. The first-order valence-corrected chi connectivity index (χ1v) is 5.98. The van der Waals surface area contributed by atoms with Gasteiger partial charge in [-0.2, -0.15) is 0 Å². The first-order valence-electron chi connectivity index (χ1n) is 5.22. The van der Waals surface area contributed by atoms with Gasteiger partial charge in [0.1, 0.15) is 5.75 Å². The molecule has 5 heteroatoms. The molecule has 2 rings (SSSR count). The van der Waals surface area contributed by atoms with E-state index < -0.39 is 0 Å². The number of benzene rings is 2. The molecule has 2 aromatic rings. The minimum absolute atomic E-state index is 0.00477. The second kappa shape index (κ2) is 5.48. The van der Waals surface area contributed by atoms with Crippen molar-refractivity contribution in [1.29, 1.82) is 0 Å². The van der Waals surface area contributed by atoms with E-state index in [1.54, 1.807) is 36.4 Å². The number of nitrogens with two attached hydrogens (primary N) is 1. The van der Waals surface area contributed by atoms with Crippen molar-refractivity contribution in [2.45, 2.75) is 6.61 Å². The number of hydrogen-bond donors (Lipinski definition) is 2. The fraction of sp³-hybridized carbons (Fsp3) is 0.0769. The Kier molecular flexibility index (Phi) is 3.97. The lowest BCUT2D eigenvalue weighted by atomic mass is 10.2. The number of halogens is 2. The van der Waals surface area contributed by atoms with Gasteiger partial charge in [0.25, 0.3) is 0 Å². The van der Waals surface area contributed by atoms with Gasteiger partial charge in [-0.1, -0.05) is 35.3 Å². The molecule has 0 heterocycles. The summed E-state index contributed by atoms with van der Waals surface area (Å²) in [4.78, 5) is 0. The molecular weight excluding hydrogens is 273 g/mol. The molecule has 0 amide bonds. The third kappa shape index (κ3) is 2.88. The Morgan fingerprint density at radius 1 is 1.06 bits per heavy atom. The van der Waals surface area contributed by atoms with Gasteiger partial charge in [0.2, 0.25) is 0 Å². The molecule has 0 radical (unpaired) electrons. The van der Waals surface area contributed by atoms with Gasteiger partial charge in [-0.3, -0.25) is 0 Å². The third-order valence-corrected chi connectivity index (χ3v) is 3.11. The highest BCUT2D eigenvalue weighted by molar-refractivity contribution is 6.42. The van der Waals surface area contributed by atoms with Crippen LogP contribution >= 0.6 is 23.2 Å². The Hall–Kier alpha value is -1.42. The lowest BCUT2D eigenvalue weighted by Crippen LogP contribution is -1.93. The summed E-state index contributed by atoms with van der Waals surface area (Å²) in [7, 11) is 0. The summed E-state index contributed by atoms with van der Waals surface area (Å²) in [6, 6.07) is 10.1. The summed E-state index contributed by atoms with van der Waals surface area (Å²) in [5, 5.41) is 9.70. The van der Waals surface area contributed by atoms with Crippen molar-refractivity contribution in [2.75, 3.05) is 5.73 Å². The fourth-order valence-electron chi connectivity index (χ4n) is 1.42. The SMILES string of the molecule is Nc1cc(Cl)c(Cl)cc1Oc1ccc(CO)cc1. The van der Waals surface area contributed by atoms with Crippen molar-refractivity contribution in [2.24, 2.45) is 0 Å². The molecule has 3 nitrogen and oxygen atoms in total. The van der Waals surface area contributed by atoms with Crippen LogP contribution in [0.5, 0.6) is 11.5 Å². The zero-order valence-corrected chi connectivity index (χ0v) is 10.9. The maximum Gasteiger partial charge on any atom is 0.151 e. The van der Waals surface area contributed by atoms with E-state index in [1.165, 1.54) is 0 Å². The molecule has 18 heavy (non-hydrogen) atoms. The van der Waals surface area contributed by atoms with Crippen LogP contribution < -0.4 is 10.5 Å². The Morgan fingerprint density at radius 3 is 2.28 bits per heavy atom. The second-order valence-corrected chi connectivity index (χ2v) is 4.52. The lowest BCUT2D eigenvalue weighted by Gasteiger charge is -2.10. The molecule has 0 bridgehead atoms. The van der Waals surface area contributed by atoms with Gasteiger partial charge in [-0.25, -0.2) is 0 Å². The van der Waals surface area contributed by atoms with Crippen molar-refractivity contribution in [3.05, 3.63) is 52.0 Å². The number of aliphatic hydroxyl groups is 1. The standard InChI is InChI=1S/C13H11Cl2NO2/c14-10-5-12(16)13(6-11(10)15)18-9-3-1-8(7-17)2-4-9/h1-6,17H,7,16H2. The molecule has 0 spiro atoms. The first kappa shape index (κ1) is 13.0. The minimum atomic E-state index is -0.00477. The number of aliphatic hydroxyl groups excluding tert-OH is 1. The van der Waals surface area contributed by atoms with E-state index in [4.69, 9.17) is 38.8 Å². The van der Waals surface area contributed by atoms with Crippen molar-refractivity contribution in [1.82, 2.24) is 0 Å². The summed E-state index contributed by atoms with van der Waals surface area (Å²) in [6.45, 7) is -0.00477. The van der Waals surface area contributed by atoms with Gasteiger partial charge in [0.15, 0.2) is 5.75 Å². The summed E-state index contributed by atoms with van der Waals surface area (Å²) in [6.07, 6.45) is 0. The fourth-order valence-corrected chi connectivity index (χ4v) is 1.75. The quantitative estimate of drug-likeness (QED) is 0.841. The topological polar surface area (TPSA) is 55.5 Å². The van der Waals surface area contributed by atoms with Gasteiger partial charge >= 0.3 is 0 Å². The van der Waals surface area contributed by atoms with Crippen LogP contribution in [0.1, 0.15) is 5.56 Å². The maximum atomic E-state index is 8.94. The van der Waals surface area contributed by atoms with Crippen molar-refractivity contribution >= 4 is 28.9 Å². The molecule has 0 fully saturated rings. The molecule has 0 aliphatic carbocycles. The number of rotatable bonds is 3. The predicted octanol–water partition coefficient (Wildman–Crippen LogP) is 3.86. The monoisotopic (exact) mass is 283 g/mol. The van der Waals surface area contributed by atoms with Crippen LogP contribution in [0, 0.1) is 0 Å². The van der Waals surface area contributed by atoms with Crippen LogP contribution in [0.25, 0.3) is 0 Å². The molecule has 0 saturated carbocycles. The molecule has 0 saturated heterocycles. The number of ether oxygens (including phenoxy) is 1. The van der Waals surface area contributed by atoms with Crippen LogP contribution in [0.2, 0.25) is 10.0 Å². The lowest BCUT2D eigenvalue weighted by molar-refractivity contribution is 0.281. The Bertz CT molecular complexity index is 556. The molecule has 0 aliphatic rings. The van der Waals surface area contributed by atoms with E-state index in [-0.39, 0.29) is 6.61 Å². The molecule has 0 aliphatic heterocycles. The van der Waals surface area contributed by atoms with E-state index in [0.29, 0.717) is 27.2 Å². The molecule has 94 valence electrons. The van der Waals surface area contributed by atoms with E-state index in [9.17, 15) is 0 Å². The van der Waals surface area contributed by atoms with Crippen molar-refractivity contribution in [3.8, 4) is 11.5 Å². The molecular formula is C13H11Cl2NO2. The van der Waals surface area contributed by atoms with Crippen LogP contribution in [-0.2, 0) is 6.61 Å². The van der Waals surface area contributed by atoms with Crippen molar-refractivity contribution in [3.63, 3.8) is 0 Å². The highest BCUT2D eigenvalue weighted by atomic mass is 35.5. The molecule has 0 unspecified atom stereocenters. The maximum absolute atomic E-state index is 8.94. The van der Waals surface area contributed by atoms with Crippen LogP contribution in [0.15, 0.2) is 36.4 Å². The minimum Gasteiger partial charge on any atom is -0.455 e. The highest BCUT2D eigenvalue weighted by Gasteiger charge is 2.07. The number of hydrogen-bond acceptors (Lipinski definition) is 3. The molecule has 0 aromatic heterocycles. The summed E-state index contributed by atoms with van der Waals surface area (Å²) in [5.74, 6) is 1.05. The van der Waals surface area contributed by atoms with Gasteiger partial charge in [0, 0.05) is 6.07 Å². The number of nitrogen functional groups attached to an aromatic ring is 1. The average molecular weight is 284 g/mol. The molecule has 0 atom stereocenters. The van der Waals surface area contributed by atoms with Gasteiger partial charge < -0.3 is 15.6 Å². The normalized spacial score (nSPS) is 10.4. The summed E-state index contributed by atoms with van der Waals surface area (Å²) >= 11 is 11.7. The zero-order chi connectivity index (χ0) is 13.1. The van der Waals surface area contributed by atoms with Gasteiger partial charge in [-0.05, 0) is 23.8 Å². The van der Waals surface area contributed by atoms with Crippen LogP contribution in [-0.4, -0.2) is 5.11 Å². The smallest absolute Gasteiger partial charge is 0.151 e. The molecule has 2 aromatic carbocycles. The Balaban J connectivity index is 2.25. The van der Waals surface area contributed by atoms with Gasteiger partial charge in [-0.15, -0.1) is 0 Å². The third-order valence-electron chi connectivity index (χ3n) is 2.39. The van der Waals surface area contributed by atoms with E-state index in [0.717, 1.165) is 5.56 Å². The first-order chi connectivity index (χ1) is 8.60.